The van der Waals surface area contributed by atoms with E-state index in [0.29, 0.717) is 30.3 Å². The van der Waals surface area contributed by atoms with Crippen LogP contribution in [0.4, 0.5) is 0 Å². The quantitative estimate of drug-likeness (QED) is 0.614. The Kier molecular flexibility index (Phi) is 5.07. The third-order valence-electron chi connectivity index (χ3n) is 5.51. The number of aryl methyl sites for hydroxylation is 1. The molecule has 1 aromatic rings. The van der Waals surface area contributed by atoms with Crippen molar-refractivity contribution in [2.45, 2.75) is 76.6 Å². The number of carbonyl (C=O) groups excluding carboxylic acids is 1. The van der Waals surface area contributed by atoms with Crippen molar-refractivity contribution in [3.63, 3.8) is 0 Å². The summed E-state index contributed by atoms with van der Waals surface area (Å²) in [5.41, 5.74) is 1.10. The van der Waals surface area contributed by atoms with Gasteiger partial charge in [-0.3, -0.25) is 9.69 Å². The van der Waals surface area contributed by atoms with Crippen molar-refractivity contribution in [2.24, 2.45) is 0 Å². The molecule has 0 aliphatic carbocycles. The van der Waals surface area contributed by atoms with Gasteiger partial charge in [-0.2, -0.15) is 0 Å². The van der Waals surface area contributed by atoms with Crippen LogP contribution < -0.4 is 9.47 Å². The molecule has 0 aromatic heterocycles. The van der Waals surface area contributed by atoms with Gasteiger partial charge in [-0.05, 0) is 57.6 Å². The maximum Gasteiger partial charge on any atom is 0.311 e. The number of halogens is 1. The number of carbonyl (C=O) groups is 1. The first-order chi connectivity index (χ1) is 11.1. The standard InChI is InChI=1S/C19H25NO3.ClH/c1-12(2)20-14-5-6-15(20)10-17(9-14)22-16-7-3-13-4-8-19(21)23-18(13)11-16;/h3,7,11-12,14-15,17H,4-6,8-10H2,1-2H3;1H. The Labute approximate surface area is 149 Å². The van der Waals surface area contributed by atoms with Gasteiger partial charge in [-0.25, -0.2) is 0 Å². The average molecular weight is 352 g/mol. The van der Waals surface area contributed by atoms with Crippen molar-refractivity contribution in [1.82, 2.24) is 4.90 Å². The maximum atomic E-state index is 11.5. The second-order valence-electron chi connectivity index (χ2n) is 7.38. The zero-order valence-electron chi connectivity index (χ0n) is 14.4. The molecule has 2 atom stereocenters. The Morgan fingerprint density at radius 2 is 1.88 bits per heavy atom. The predicted octanol–water partition coefficient (Wildman–Crippen LogP) is 3.74. The molecule has 3 heterocycles. The molecule has 2 saturated heterocycles. The minimum atomic E-state index is -0.141. The summed E-state index contributed by atoms with van der Waals surface area (Å²) in [6.07, 6.45) is 6.32. The van der Waals surface area contributed by atoms with Gasteiger partial charge >= 0.3 is 5.97 Å². The smallest absolute Gasteiger partial charge is 0.311 e. The minimum absolute atomic E-state index is 0. The summed E-state index contributed by atoms with van der Waals surface area (Å²) in [5.74, 6) is 1.38. The van der Waals surface area contributed by atoms with Gasteiger partial charge < -0.3 is 9.47 Å². The first-order valence-corrected chi connectivity index (χ1v) is 8.88. The molecule has 2 bridgehead atoms. The molecule has 0 N–H and O–H groups in total. The fourth-order valence-corrected chi connectivity index (χ4v) is 4.62. The van der Waals surface area contributed by atoms with Crippen LogP contribution in [0.1, 0.15) is 51.5 Å². The summed E-state index contributed by atoms with van der Waals surface area (Å²) >= 11 is 0. The summed E-state index contributed by atoms with van der Waals surface area (Å²) in [6, 6.07) is 7.90. The number of hydrogen-bond donors (Lipinski definition) is 0. The van der Waals surface area contributed by atoms with Crippen LogP contribution in [0.15, 0.2) is 18.2 Å². The van der Waals surface area contributed by atoms with E-state index < -0.39 is 0 Å². The SMILES string of the molecule is CC(C)N1C2CCC1CC(Oc1ccc3c(c1)OC(=O)CC3)C2.Cl. The number of benzene rings is 1. The number of nitrogens with zero attached hydrogens (tertiary/aromatic N) is 1. The molecule has 0 saturated carbocycles. The topological polar surface area (TPSA) is 38.8 Å². The Hall–Kier alpha value is -1.26. The zero-order chi connectivity index (χ0) is 16.0. The molecular formula is C19H26ClNO3. The third-order valence-corrected chi connectivity index (χ3v) is 5.51. The fraction of sp³-hybridized carbons (Fsp3) is 0.632. The highest BCUT2D eigenvalue weighted by atomic mass is 35.5. The molecule has 0 spiro atoms. The first kappa shape index (κ1) is 17.6. The number of rotatable bonds is 3. The highest BCUT2D eigenvalue weighted by Gasteiger charge is 2.42. The molecule has 2 fully saturated rings. The lowest BCUT2D eigenvalue weighted by molar-refractivity contribution is -0.135. The van der Waals surface area contributed by atoms with E-state index in [4.69, 9.17) is 9.47 Å². The zero-order valence-corrected chi connectivity index (χ0v) is 15.2. The molecule has 0 amide bonds. The van der Waals surface area contributed by atoms with Crippen LogP contribution in [0, 0.1) is 0 Å². The molecular weight excluding hydrogens is 326 g/mol. The van der Waals surface area contributed by atoms with Crippen molar-refractivity contribution < 1.29 is 14.3 Å². The van der Waals surface area contributed by atoms with Crippen LogP contribution >= 0.6 is 12.4 Å². The number of piperidine rings is 1. The van der Waals surface area contributed by atoms with Gasteiger partial charge in [0.05, 0.1) is 6.42 Å². The Morgan fingerprint density at radius 1 is 1.17 bits per heavy atom. The fourth-order valence-electron chi connectivity index (χ4n) is 4.62. The highest BCUT2D eigenvalue weighted by Crippen LogP contribution is 2.39. The van der Waals surface area contributed by atoms with Crippen molar-refractivity contribution in [1.29, 1.82) is 0 Å². The molecule has 132 valence electrons. The van der Waals surface area contributed by atoms with E-state index >= 15 is 0 Å². The number of esters is 1. The minimum Gasteiger partial charge on any atom is -0.490 e. The summed E-state index contributed by atoms with van der Waals surface area (Å²) in [5, 5.41) is 0. The van der Waals surface area contributed by atoms with Crippen molar-refractivity contribution in [3.8, 4) is 11.5 Å². The van der Waals surface area contributed by atoms with Crippen molar-refractivity contribution >= 4 is 18.4 Å². The van der Waals surface area contributed by atoms with E-state index in [9.17, 15) is 4.79 Å². The van der Waals surface area contributed by atoms with E-state index in [1.807, 2.05) is 18.2 Å². The second kappa shape index (κ2) is 6.93. The third kappa shape index (κ3) is 3.27. The van der Waals surface area contributed by atoms with Crippen molar-refractivity contribution in [2.75, 3.05) is 0 Å². The molecule has 2 unspecified atom stereocenters. The number of ether oxygens (including phenoxy) is 2. The summed E-state index contributed by atoms with van der Waals surface area (Å²) in [7, 11) is 0. The van der Waals surface area contributed by atoms with E-state index in [2.05, 4.69) is 18.7 Å². The summed E-state index contributed by atoms with van der Waals surface area (Å²) in [6.45, 7) is 4.59. The first-order valence-electron chi connectivity index (χ1n) is 8.88. The largest absolute Gasteiger partial charge is 0.490 e. The maximum absolute atomic E-state index is 11.5. The summed E-state index contributed by atoms with van der Waals surface area (Å²) < 4.78 is 11.6. The van der Waals surface area contributed by atoms with E-state index in [0.717, 1.165) is 30.6 Å². The van der Waals surface area contributed by atoms with Gasteiger partial charge in [-0.15, -0.1) is 12.4 Å². The highest BCUT2D eigenvalue weighted by molar-refractivity contribution is 5.85. The van der Waals surface area contributed by atoms with Crippen LogP contribution in [0.3, 0.4) is 0 Å². The molecule has 3 aliphatic heterocycles. The number of fused-ring (bicyclic) bond motifs is 3. The molecule has 4 nitrogen and oxygen atoms in total. The number of hydrogen-bond acceptors (Lipinski definition) is 4. The average Bonchev–Trinajstić information content (AvgIpc) is 2.79. The van der Waals surface area contributed by atoms with Gasteiger partial charge in [0.2, 0.25) is 0 Å². The van der Waals surface area contributed by atoms with Crippen LogP contribution in [0.2, 0.25) is 0 Å². The van der Waals surface area contributed by atoms with Crippen LogP contribution in [-0.4, -0.2) is 35.1 Å². The van der Waals surface area contributed by atoms with Crippen LogP contribution in [-0.2, 0) is 11.2 Å². The second-order valence-corrected chi connectivity index (χ2v) is 7.38. The molecule has 3 aliphatic rings. The lowest BCUT2D eigenvalue weighted by Gasteiger charge is -2.41. The Balaban J connectivity index is 0.00000169. The summed E-state index contributed by atoms with van der Waals surface area (Å²) in [4.78, 5) is 14.1. The molecule has 5 heteroatoms. The van der Waals surface area contributed by atoms with Crippen LogP contribution in [0.25, 0.3) is 0 Å². The van der Waals surface area contributed by atoms with Crippen LogP contribution in [0.5, 0.6) is 11.5 Å². The Bertz CT molecular complexity index is 605. The molecule has 1 aromatic carbocycles. The monoisotopic (exact) mass is 351 g/mol. The van der Waals surface area contributed by atoms with Crippen molar-refractivity contribution in [3.05, 3.63) is 23.8 Å². The van der Waals surface area contributed by atoms with E-state index in [1.54, 1.807) is 0 Å². The Morgan fingerprint density at radius 3 is 2.54 bits per heavy atom. The van der Waals surface area contributed by atoms with E-state index in [-0.39, 0.29) is 24.5 Å². The lowest BCUT2D eigenvalue weighted by atomic mass is 9.98. The van der Waals surface area contributed by atoms with Gasteiger partial charge in [0.1, 0.15) is 17.6 Å². The lowest BCUT2D eigenvalue weighted by Crippen LogP contribution is -2.49. The van der Waals surface area contributed by atoms with Gasteiger partial charge in [0, 0.05) is 24.2 Å². The molecule has 24 heavy (non-hydrogen) atoms. The normalized spacial score (nSPS) is 29.0. The molecule has 0 radical (unpaired) electrons. The van der Waals surface area contributed by atoms with E-state index in [1.165, 1.54) is 12.8 Å². The molecule has 4 rings (SSSR count). The van der Waals surface area contributed by atoms with Gasteiger partial charge in [-0.1, -0.05) is 6.07 Å². The predicted molar refractivity (Wildman–Crippen MR) is 95.1 cm³/mol. The van der Waals surface area contributed by atoms with Gasteiger partial charge in [0.25, 0.3) is 0 Å². The van der Waals surface area contributed by atoms with Gasteiger partial charge in [0.15, 0.2) is 0 Å².